The van der Waals surface area contributed by atoms with Gasteiger partial charge in [-0.1, -0.05) is 37.7 Å². The van der Waals surface area contributed by atoms with Crippen molar-refractivity contribution in [3.8, 4) is 12.1 Å². The number of aromatic nitrogens is 1. The molecule has 2 aromatic rings. The molecule has 31 heavy (non-hydrogen) atoms. The number of carbonyl (C=O) groups is 1. The second-order valence-electron chi connectivity index (χ2n) is 7.67. The zero-order valence-electron chi connectivity index (χ0n) is 17.6. The number of hydrogen-bond acceptors (Lipinski definition) is 6. The Bertz CT molecular complexity index is 1050. The number of halogens is 1. The highest BCUT2D eigenvalue weighted by molar-refractivity contribution is 8.00. The van der Waals surface area contributed by atoms with Crippen LogP contribution >= 0.6 is 11.8 Å². The van der Waals surface area contributed by atoms with E-state index in [0.29, 0.717) is 39.9 Å². The summed E-state index contributed by atoms with van der Waals surface area (Å²) in [6.07, 6.45) is 2.48. The number of carbonyl (C=O) groups excluding carboxylic acids is 1. The quantitative estimate of drug-likeness (QED) is 0.683. The van der Waals surface area contributed by atoms with Gasteiger partial charge >= 0.3 is 0 Å². The number of thioether (sulfide) groups is 1. The number of piperidine rings is 1. The lowest BCUT2D eigenvalue weighted by Gasteiger charge is -2.32. The van der Waals surface area contributed by atoms with Gasteiger partial charge in [0, 0.05) is 13.1 Å². The van der Waals surface area contributed by atoms with Crippen LogP contribution in [0.5, 0.6) is 0 Å². The van der Waals surface area contributed by atoms with E-state index in [2.05, 4.69) is 24.0 Å². The van der Waals surface area contributed by atoms with E-state index in [4.69, 9.17) is 10.7 Å². The summed E-state index contributed by atoms with van der Waals surface area (Å²) in [5.74, 6) is 0.131. The summed E-state index contributed by atoms with van der Waals surface area (Å²) in [5.41, 5.74) is 7.49. The van der Waals surface area contributed by atoms with E-state index in [0.717, 1.165) is 37.7 Å². The number of hydrogen-bond donors (Lipinski definition) is 1. The molecule has 3 rings (SSSR count). The highest BCUT2D eigenvalue weighted by atomic mass is 32.2. The fourth-order valence-corrected chi connectivity index (χ4v) is 4.82. The third-order valence-electron chi connectivity index (χ3n) is 5.57. The predicted molar refractivity (Wildman–Crippen MR) is 118 cm³/mol. The van der Waals surface area contributed by atoms with Gasteiger partial charge in [0.2, 0.25) is 5.91 Å². The van der Waals surface area contributed by atoms with Crippen LogP contribution in [-0.4, -0.2) is 24.0 Å². The van der Waals surface area contributed by atoms with Crippen molar-refractivity contribution in [1.82, 2.24) is 4.98 Å². The SMILES string of the molecule is CCc1c(C#N)c(SC(C(N)=O)c2ccc(F)cc2)nc(N2CCC(C)CC2)c1C#N. The van der Waals surface area contributed by atoms with Gasteiger partial charge in [-0.05, 0) is 48.4 Å². The van der Waals surface area contributed by atoms with E-state index in [1.54, 1.807) is 0 Å². The molecule has 1 aliphatic heterocycles. The lowest BCUT2D eigenvalue weighted by molar-refractivity contribution is -0.117. The molecule has 0 radical (unpaired) electrons. The lowest BCUT2D eigenvalue weighted by Crippen LogP contribution is -2.34. The summed E-state index contributed by atoms with van der Waals surface area (Å²) in [4.78, 5) is 19.0. The van der Waals surface area contributed by atoms with Gasteiger partial charge in [0.15, 0.2) is 0 Å². The maximum atomic E-state index is 13.4. The first-order valence-electron chi connectivity index (χ1n) is 10.2. The maximum absolute atomic E-state index is 13.4. The Balaban J connectivity index is 2.10. The number of amides is 1. The van der Waals surface area contributed by atoms with E-state index in [1.807, 2.05) is 6.92 Å². The number of pyridine rings is 1. The average molecular weight is 438 g/mol. The molecule has 1 aromatic carbocycles. The van der Waals surface area contributed by atoms with Crippen LogP contribution in [0.2, 0.25) is 0 Å². The van der Waals surface area contributed by atoms with Crippen LogP contribution < -0.4 is 10.6 Å². The smallest absolute Gasteiger partial charge is 0.235 e. The molecule has 1 saturated heterocycles. The predicted octanol–water partition coefficient (Wildman–Crippen LogP) is 4.08. The standard InChI is InChI=1S/C23H24FN5OS/c1-3-17-18(12-25)22(29-10-8-14(2)9-11-29)28-23(19(17)13-26)31-20(21(27)30)15-4-6-16(24)7-5-15/h4-7,14,20H,3,8-11H2,1-2H3,(H2,27,30). The molecule has 1 aliphatic rings. The molecule has 0 aliphatic carbocycles. The first-order chi connectivity index (χ1) is 14.9. The molecule has 1 unspecified atom stereocenters. The van der Waals surface area contributed by atoms with E-state index >= 15 is 0 Å². The first kappa shape index (κ1) is 22.6. The number of primary amides is 1. The fraction of sp³-hybridized carbons (Fsp3) is 0.391. The topological polar surface area (TPSA) is 107 Å². The molecular formula is C23H24FN5OS. The summed E-state index contributed by atoms with van der Waals surface area (Å²) in [7, 11) is 0. The molecule has 0 spiro atoms. The van der Waals surface area contributed by atoms with Gasteiger partial charge < -0.3 is 10.6 Å². The molecule has 0 saturated carbocycles. The molecule has 1 atom stereocenters. The fourth-order valence-electron chi connectivity index (χ4n) is 3.76. The van der Waals surface area contributed by atoms with Crippen molar-refractivity contribution >= 4 is 23.5 Å². The Labute approximate surface area is 185 Å². The van der Waals surface area contributed by atoms with E-state index in [-0.39, 0.29) is 5.56 Å². The van der Waals surface area contributed by atoms with Gasteiger partial charge in [-0.2, -0.15) is 10.5 Å². The number of nitriles is 2. The Morgan fingerprint density at radius 1 is 1.26 bits per heavy atom. The van der Waals surface area contributed by atoms with Crippen LogP contribution in [0, 0.1) is 34.4 Å². The summed E-state index contributed by atoms with van der Waals surface area (Å²) >= 11 is 1.07. The van der Waals surface area contributed by atoms with Crippen LogP contribution in [0.4, 0.5) is 10.2 Å². The van der Waals surface area contributed by atoms with Crippen LogP contribution in [0.25, 0.3) is 0 Å². The maximum Gasteiger partial charge on any atom is 0.235 e. The van der Waals surface area contributed by atoms with E-state index in [1.165, 1.54) is 24.3 Å². The van der Waals surface area contributed by atoms with Gasteiger partial charge in [-0.3, -0.25) is 4.79 Å². The highest BCUT2D eigenvalue weighted by Gasteiger charge is 2.28. The third kappa shape index (κ3) is 4.81. The van der Waals surface area contributed by atoms with E-state index in [9.17, 15) is 19.7 Å². The molecule has 1 fully saturated rings. The van der Waals surface area contributed by atoms with Gasteiger partial charge in [0.25, 0.3) is 0 Å². The number of nitrogens with zero attached hydrogens (tertiary/aromatic N) is 4. The van der Waals surface area contributed by atoms with Gasteiger partial charge in [0.1, 0.15) is 34.0 Å². The van der Waals surface area contributed by atoms with Crippen LogP contribution in [-0.2, 0) is 11.2 Å². The van der Waals surface area contributed by atoms with Crippen molar-refractivity contribution in [1.29, 1.82) is 10.5 Å². The number of nitrogens with two attached hydrogens (primary N) is 1. The number of anilines is 1. The normalized spacial score (nSPS) is 15.2. The van der Waals surface area contributed by atoms with Crippen LogP contribution in [0.3, 0.4) is 0 Å². The van der Waals surface area contributed by atoms with Gasteiger partial charge in [0.05, 0.1) is 11.1 Å². The number of rotatable bonds is 6. The molecular weight excluding hydrogens is 413 g/mol. The molecule has 160 valence electrons. The largest absolute Gasteiger partial charge is 0.368 e. The Kier molecular flexibility index (Phi) is 7.14. The zero-order chi connectivity index (χ0) is 22.5. The lowest BCUT2D eigenvalue weighted by atomic mass is 9.97. The molecule has 1 amide bonds. The second-order valence-corrected chi connectivity index (χ2v) is 8.76. The first-order valence-corrected chi connectivity index (χ1v) is 11.1. The zero-order valence-corrected chi connectivity index (χ0v) is 18.4. The summed E-state index contributed by atoms with van der Waals surface area (Å²) in [5, 5.41) is 19.2. The summed E-state index contributed by atoms with van der Waals surface area (Å²) in [6.45, 7) is 5.64. The molecule has 6 nitrogen and oxygen atoms in total. The van der Waals surface area contributed by atoms with Crippen molar-refractivity contribution in [3.63, 3.8) is 0 Å². The highest BCUT2D eigenvalue weighted by Crippen LogP contribution is 2.40. The molecule has 2 N–H and O–H groups in total. The van der Waals surface area contributed by atoms with Crippen molar-refractivity contribution in [2.24, 2.45) is 11.7 Å². The Morgan fingerprint density at radius 2 is 1.87 bits per heavy atom. The third-order valence-corrected chi connectivity index (χ3v) is 6.83. The van der Waals surface area contributed by atoms with Crippen molar-refractivity contribution in [2.45, 2.75) is 43.4 Å². The Hall–Kier alpha value is -3.10. The molecule has 2 heterocycles. The minimum absolute atomic E-state index is 0.284. The number of benzene rings is 1. The second kappa shape index (κ2) is 9.80. The van der Waals surface area contributed by atoms with Gasteiger partial charge in [-0.25, -0.2) is 9.37 Å². The van der Waals surface area contributed by atoms with E-state index < -0.39 is 17.0 Å². The molecule has 0 bridgehead atoms. The molecule has 8 heteroatoms. The van der Waals surface area contributed by atoms with Crippen LogP contribution in [0.15, 0.2) is 29.3 Å². The Morgan fingerprint density at radius 3 is 2.39 bits per heavy atom. The average Bonchev–Trinajstić information content (AvgIpc) is 2.77. The summed E-state index contributed by atoms with van der Waals surface area (Å²) in [6, 6.07) is 9.94. The minimum atomic E-state index is -0.841. The van der Waals surface area contributed by atoms with Crippen molar-refractivity contribution in [3.05, 3.63) is 52.3 Å². The van der Waals surface area contributed by atoms with Crippen molar-refractivity contribution < 1.29 is 9.18 Å². The molecule has 1 aromatic heterocycles. The summed E-state index contributed by atoms with van der Waals surface area (Å²) < 4.78 is 13.4. The van der Waals surface area contributed by atoms with Gasteiger partial charge in [-0.15, -0.1) is 0 Å². The van der Waals surface area contributed by atoms with Crippen LogP contribution in [0.1, 0.15) is 54.2 Å². The minimum Gasteiger partial charge on any atom is -0.368 e. The monoisotopic (exact) mass is 437 g/mol. The van der Waals surface area contributed by atoms with Crippen molar-refractivity contribution in [2.75, 3.05) is 18.0 Å².